The van der Waals surface area contributed by atoms with Gasteiger partial charge in [-0.15, -0.1) is 0 Å². The first kappa shape index (κ1) is 20.9. The average Bonchev–Trinajstić information content (AvgIpc) is 2.70. The Hall–Kier alpha value is -1.79. The zero-order valence-electron chi connectivity index (χ0n) is 15.8. The lowest BCUT2D eigenvalue weighted by Crippen LogP contribution is -2.46. The minimum atomic E-state index is -0.185. The minimum absolute atomic E-state index is 0.185. The molecule has 28 heavy (non-hydrogen) atoms. The molecule has 0 aromatic heterocycles. The van der Waals surface area contributed by atoms with Crippen LogP contribution in [0, 0.1) is 0 Å². The summed E-state index contributed by atoms with van der Waals surface area (Å²) in [7, 11) is 0. The Kier molecular flexibility index (Phi) is 7.98. The highest BCUT2D eigenvalue weighted by Crippen LogP contribution is 2.14. The van der Waals surface area contributed by atoms with Crippen LogP contribution >= 0.6 is 23.2 Å². The lowest BCUT2D eigenvalue weighted by Gasteiger charge is -2.34. The van der Waals surface area contributed by atoms with E-state index in [1.807, 2.05) is 12.1 Å². The summed E-state index contributed by atoms with van der Waals surface area (Å²) in [5, 5.41) is 7.14. The number of hydrogen-bond donors (Lipinski definition) is 2. The highest BCUT2D eigenvalue weighted by molar-refractivity contribution is 6.30. The third-order valence-corrected chi connectivity index (χ3v) is 5.33. The van der Waals surface area contributed by atoms with Crippen molar-refractivity contribution >= 4 is 34.9 Å². The summed E-state index contributed by atoms with van der Waals surface area (Å²) in [4.78, 5) is 16.8. The van der Waals surface area contributed by atoms with Crippen LogP contribution in [0.4, 0.5) is 10.5 Å². The molecule has 1 aliphatic rings. The molecule has 1 heterocycles. The Labute approximate surface area is 176 Å². The normalized spacial score (nSPS) is 15.4. The Morgan fingerprint density at radius 2 is 1.43 bits per heavy atom. The number of carbonyl (C=O) groups is 1. The van der Waals surface area contributed by atoms with Crippen LogP contribution in [0.15, 0.2) is 48.5 Å². The molecule has 0 unspecified atom stereocenters. The number of rotatable bonds is 7. The number of anilines is 1. The monoisotopic (exact) mass is 420 g/mol. The van der Waals surface area contributed by atoms with Crippen molar-refractivity contribution in [2.75, 3.05) is 44.6 Å². The summed E-state index contributed by atoms with van der Waals surface area (Å²) in [5.74, 6) is 0. The average molecular weight is 421 g/mol. The summed E-state index contributed by atoms with van der Waals surface area (Å²) in [6.45, 7) is 6.87. The van der Waals surface area contributed by atoms with Crippen molar-refractivity contribution in [2.45, 2.75) is 13.0 Å². The van der Waals surface area contributed by atoms with Gasteiger partial charge in [-0.25, -0.2) is 4.79 Å². The molecule has 0 bridgehead atoms. The third kappa shape index (κ3) is 6.99. The molecule has 0 atom stereocenters. The first-order valence-corrected chi connectivity index (χ1v) is 10.3. The van der Waals surface area contributed by atoms with Gasteiger partial charge in [-0.1, -0.05) is 35.3 Å². The van der Waals surface area contributed by atoms with Crippen LogP contribution in [-0.4, -0.2) is 55.1 Å². The van der Waals surface area contributed by atoms with E-state index in [-0.39, 0.29) is 6.03 Å². The molecule has 1 saturated heterocycles. The molecule has 3 rings (SSSR count). The number of hydrogen-bond acceptors (Lipinski definition) is 3. The van der Waals surface area contributed by atoms with E-state index in [0.717, 1.165) is 56.4 Å². The Morgan fingerprint density at radius 3 is 2.07 bits per heavy atom. The Bertz CT molecular complexity index is 744. The molecule has 2 aromatic carbocycles. The second kappa shape index (κ2) is 10.7. The highest BCUT2D eigenvalue weighted by Gasteiger charge is 2.16. The molecule has 1 fully saturated rings. The van der Waals surface area contributed by atoms with E-state index >= 15 is 0 Å². The van der Waals surface area contributed by atoms with Crippen molar-refractivity contribution in [3.63, 3.8) is 0 Å². The summed E-state index contributed by atoms with van der Waals surface area (Å²) in [5.41, 5.74) is 2.03. The van der Waals surface area contributed by atoms with Crippen molar-refractivity contribution in [2.24, 2.45) is 0 Å². The molecule has 5 nitrogen and oxygen atoms in total. The van der Waals surface area contributed by atoms with E-state index in [4.69, 9.17) is 23.2 Å². The molecule has 0 aliphatic carbocycles. The molecule has 0 saturated carbocycles. The van der Waals surface area contributed by atoms with Crippen LogP contribution in [-0.2, 0) is 6.54 Å². The molecule has 7 heteroatoms. The lowest BCUT2D eigenvalue weighted by atomic mass is 10.2. The van der Waals surface area contributed by atoms with Gasteiger partial charge in [-0.05, 0) is 54.9 Å². The first-order valence-electron chi connectivity index (χ1n) is 9.58. The minimum Gasteiger partial charge on any atom is -0.338 e. The second-order valence-corrected chi connectivity index (χ2v) is 7.86. The van der Waals surface area contributed by atoms with E-state index in [0.29, 0.717) is 11.6 Å². The zero-order valence-corrected chi connectivity index (χ0v) is 17.3. The molecule has 2 aromatic rings. The number of halogens is 2. The van der Waals surface area contributed by atoms with Gasteiger partial charge in [0.2, 0.25) is 0 Å². The first-order chi connectivity index (χ1) is 13.6. The summed E-state index contributed by atoms with van der Waals surface area (Å²) >= 11 is 11.8. The van der Waals surface area contributed by atoms with E-state index in [1.54, 1.807) is 24.3 Å². The maximum absolute atomic E-state index is 11.9. The summed E-state index contributed by atoms with van der Waals surface area (Å²) in [6, 6.07) is 15.0. The largest absolute Gasteiger partial charge is 0.338 e. The number of amides is 2. The maximum atomic E-state index is 11.9. The second-order valence-electron chi connectivity index (χ2n) is 6.99. The van der Waals surface area contributed by atoms with E-state index < -0.39 is 0 Å². The van der Waals surface area contributed by atoms with Crippen LogP contribution in [0.5, 0.6) is 0 Å². The van der Waals surface area contributed by atoms with Gasteiger partial charge in [0.1, 0.15) is 0 Å². The SMILES string of the molecule is O=C(NCCCN1CCN(Cc2ccc(Cl)cc2)CC1)Nc1ccc(Cl)cc1. The fourth-order valence-electron chi connectivity index (χ4n) is 3.23. The molecule has 2 N–H and O–H groups in total. The maximum Gasteiger partial charge on any atom is 0.319 e. The molecule has 0 radical (unpaired) electrons. The predicted octanol–water partition coefficient (Wildman–Crippen LogP) is 4.32. The summed E-state index contributed by atoms with van der Waals surface area (Å²) < 4.78 is 0. The number of nitrogens with one attached hydrogen (secondary N) is 2. The molecular weight excluding hydrogens is 395 g/mol. The number of piperazine rings is 1. The van der Waals surface area contributed by atoms with Crippen molar-refractivity contribution < 1.29 is 4.79 Å². The zero-order chi connectivity index (χ0) is 19.8. The van der Waals surface area contributed by atoms with Gasteiger partial charge >= 0.3 is 6.03 Å². The van der Waals surface area contributed by atoms with Crippen LogP contribution < -0.4 is 10.6 Å². The van der Waals surface area contributed by atoms with Crippen molar-refractivity contribution in [3.05, 3.63) is 64.1 Å². The van der Waals surface area contributed by atoms with Crippen LogP contribution in [0.25, 0.3) is 0 Å². The fraction of sp³-hybridized carbons (Fsp3) is 0.381. The number of nitrogens with zero attached hydrogens (tertiary/aromatic N) is 2. The number of urea groups is 1. The van der Waals surface area contributed by atoms with Gasteiger partial charge in [0, 0.05) is 55.0 Å². The lowest BCUT2D eigenvalue weighted by molar-refractivity contribution is 0.126. The van der Waals surface area contributed by atoms with Gasteiger partial charge in [0.15, 0.2) is 0 Å². The van der Waals surface area contributed by atoms with Gasteiger partial charge in [-0.3, -0.25) is 4.90 Å². The number of carbonyl (C=O) groups excluding carboxylic acids is 1. The van der Waals surface area contributed by atoms with Crippen LogP contribution in [0.2, 0.25) is 10.0 Å². The quantitative estimate of drug-likeness (QED) is 0.655. The molecule has 0 spiro atoms. The predicted molar refractivity (Wildman–Crippen MR) is 116 cm³/mol. The Balaban J connectivity index is 1.27. The van der Waals surface area contributed by atoms with E-state index in [2.05, 4.69) is 32.6 Å². The molecule has 1 aliphatic heterocycles. The van der Waals surface area contributed by atoms with E-state index in [1.165, 1.54) is 5.56 Å². The van der Waals surface area contributed by atoms with Crippen molar-refractivity contribution in [1.82, 2.24) is 15.1 Å². The van der Waals surface area contributed by atoms with Gasteiger partial charge < -0.3 is 15.5 Å². The van der Waals surface area contributed by atoms with Gasteiger partial charge in [0.05, 0.1) is 0 Å². The van der Waals surface area contributed by atoms with Crippen LogP contribution in [0.1, 0.15) is 12.0 Å². The van der Waals surface area contributed by atoms with Crippen molar-refractivity contribution in [3.8, 4) is 0 Å². The smallest absolute Gasteiger partial charge is 0.319 e. The highest BCUT2D eigenvalue weighted by atomic mass is 35.5. The molecular formula is C21H26Cl2N4O. The van der Waals surface area contributed by atoms with E-state index in [9.17, 15) is 4.79 Å². The third-order valence-electron chi connectivity index (χ3n) is 4.82. The summed E-state index contributed by atoms with van der Waals surface area (Å²) in [6.07, 6.45) is 0.936. The Morgan fingerprint density at radius 1 is 0.857 bits per heavy atom. The number of benzene rings is 2. The topological polar surface area (TPSA) is 47.6 Å². The van der Waals surface area contributed by atoms with Crippen molar-refractivity contribution in [1.29, 1.82) is 0 Å². The fourth-order valence-corrected chi connectivity index (χ4v) is 3.48. The molecule has 150 valence electrons. The van der Waals surface area contributed by atoms with Crippen LogP contribution in [0.3, 0.4) is 0 Å². The van der Waals surface area contributed by atoms with Gasteiger partial charge in [0.25, 0.3) is 0 Å². The molecule has 2 amide bonds. The standard InChI is InChI=1S/C21H26Cl2N4O/c22-18-4-2-17(3-5-18)16-27-14-12-26(13-15-27)11-1-10-24-21(28)25-20-8-6-19(23)7-9-20/h2-9H,1,10-16H2,(H2,24,25,28). The van der Waals surface area contributed by atoms with Gasteiger partial charge in [-0.2, -0.15) is 0 Å².